The molecular weight excluding hydrogens is 787 g/mol. The van der Waals surface area contributed by atoms with Crippen molar-refractivity contribution < 1.29 is 37.7 Å². The number of nitrogens with zero attached hydrogens (tertiary/aromatic N) is 2. The fourth-order valence-electron chi connectivity index (χ4n) is 5.10. The highest BCUT2D eigenvalue weighted by Crippen LogP contribution is 2.37. The molecule has 49 heavy (non-hydrogen) atoms. The summed E-state index contributed by atoms with van der Waals surface area (Å²) >= 11 is 8.25. The lowest BCUT2D eigenvalue weighted by atomic mass is 9.95. The van der Waals surface area contributed by atoms with Crippen molar-refractivity contribution in [1.29, 1.82) is 0 Å². The van der Waals surface area contributed by atoms with Gasteiger partial charge in [-0.25, -0.2) is 19.0 Å². The fraction of sp³-hybridized carbons (Fsp3) is 0.257. The molecule has 0 radical (unpaired) electrons. The lowest BCUT2D eigenvalue weighted by Crippen LogP contribution is -2.40. The zero-order valence-electron chi connectivity index (χ0n) is 26.9. The maximum absolute atomic E-state index is 14.3. The van der Waals surface area contributed by atoms with Gasteiger partial charge in [0.05, 0.1) is 46.6 Å². The Bertz CT molecular complexity index is 2110. The van der Waals surface area contributed by atoms with Gasteiger partial charge in [-0.05, 0) is 90.3 Å². The Morgan fingerprint density at radius 1 is 1.00 bits per heavy atom. The van der Waals surface area contributed by atoms with Crippen LogP contribution in [0.1, 0.15) is 43.5 Å². The van der Waals surface area contributed by atoms with E-state index in [-0.39, 0.29) is 43.6 Å². The SMILES string of the molecule is CCOC(=O)C1=C(C)N=c2s/c(=C/c3cc(Br)cc(Br)c3OCc3ccc(F)cc3)c(=O)n2[C@H]1c1ccc(OCC(=O)OC)c(OCC)c1. The van der Waals surface area contributed by atoms with E-state index in [1.807, 2.05) is 12.1 Å². The molecule has 1 aromatic heterocycles. The summed E-state index contributed by atoms with van der Waals surface area (Å²) in [5.74, 6) is -0.452. The van der Waals surface area contributed by atoms with Gasteiger partial charge in [0.2, 0.25) is 0 Å². The van der Waals surface area contributed by atoms with Gasteiger partial charge in [0.15, 0.2) is 22.9 Å². The van der Waals surface area contributed by atoms with E-state index in [4.69, 9.17) is 18.9 Å². The average Bonchev–Trinajstić information content (AvgIpc) is 3.37. The molecule has 256 valence electrons. The normalized spacial score (nSPS) is 14.2. The molecular formula is C35H31Br2FN2O8S. The number of allylic oxidation sites excluding steroid dienone is 1. The fourth-order valence-corrected chi connectivity index (χ4v) is 7.51. The topological polar surface area (TPSA) is 115 Å². The lowest BCUT2D eigenvalue weighted by Gasteiger charge is -2.25. The Hall–Kier alpha value is -4.27. The van der Waals surface area contributed by atoms with E-state index in [9.17, 15) is 18.8 Å². The zero-order valence-corrected chi connectivity index (χ0v) is 30.9. The first-order valence-electron chi connectivity index (χ1n) is 15.1. The highest BCUT2D eigenvalue weighted by atomic mass is 79.9. The van der Waals surface area contributed by atoms with Crippen molar-refractivity contribution in [3.8, 4) is 17.2 Å². The minimum Gasteiger partial charge on any atom is -0.490 e. The van der Waals surface area contributed by atoms with Gasteiger partial charge in [-0.1, -0.05) is 45.5 Å². The number of halogens is 3. The van der Waals surface area contributed by atoms with Crippen molar-refractivity contribution in [3.05, 3.63) is 117 Å². The molecule has 0 N–H and O–H groups in total. The van der Waals surface area contributed by atoms with E-state index < -0.39 is 23.5 Å². The molecule has 0 aliphatic carbocycles. The first-order valence-corrected chi connectivity index (χ1v) is 17.5. The van der Waals surface area contributed by atoms with Crippen LogP contribution in [0.3, 0.4) is 0 Å². The van der Waals surface area contributed by atoms with E-state index in [0.29, 0.717) is 42.1 Å². The number of carbonyl (C=O) groups is 2. The second-order valence-electron chi connectivity index (χ2n) is 10.5. The van der Waals surface area contributed by atoms with Gasteiger partial charge in [-0.15, -0.1) is 0 Å². The maximum atomic E-state index is 14.3. The number of benzene rings is 3. The Kier molecular flexibility index (Phi) is 11.7. The van der Waals surface area contributed by atoms with Crippen molar-refractivity contribution in [3.63, 3.8) is 0 Å². The molecule has 0 spiro atoms. The van der Waals surface area contributed by atoms with Crippen molar-refractivity contribution in [2.24, 2.45) is 4.99 Å². The molecule has 1 aliphatic rings. The van der Waals surface area contributed by atoms with Gasteiger partial charge in [0, 0.05) is 10.0 Å². The number of hydrogen-bond donors (Lipinski definition) is 0. The first kappa shape index (κ1) is 36.0. The summed E-state index contributed by atoms with van der Waals surface area (Å²) in [6.07, 6.45) is 1.70. The van der Waals surface area contributed by atoms with Gasteiger partial charge in [-0.3, -0.25) is 9.36 Å². The van der Waals surface area contributed by atoms with E-state index in [0.717, 1.165) is 21.4 Å². The Labute approximate surface area is 301 Å². The third-order valence-corrected chi connectivity index (χ3v) is 9.32. The van der Waals surface area contributed by atoms with Crippen LogP contribution in [0.4, 0.5) is 4.39 Å². The van der Waals surface area contributed by atoms with Crippen LogP contribution in [0.25, 0.3) is 6.08 Å². The number of esters is 2. The van der Waals surface area contributed by atoms with Crippen molar-refractivity contribution in [2.45, 2.75) is 33.4 Å². The number of aromatic nitrogens is 1. The number of thiazole rings is 1. The predicted molar refractivity (Wildman–Crippen MR) is 188 cm³/mol. The number of fused-ring (bicyclic) bond motifs is 1. The van der Waals surface area contributed by atoms with Crippen LogP contribution in [0.5, 0.6) is 17.2 Å². The number of methoxy groups -OCH3 is 1. The van der Waals surface area contributed by atoms with E-state index >= 15 is 0 Å². The highest BCUT2D eigenvalue weighted by molar-refractivity contribution is 9.11. The first-order chi connectivity index (χ1) is 23.5. The van der Waals surface area contributed by atoms with Crippen LogP contribution in [-0.2, 0) is 25.7 Å². The number of carbonyl (C=O) groups excluding carboxylic acids is 2. The molecule has 0 saturated heterocycles. The third-order valence-electron chi connectivity index (χ3n) is 7.29. The van der Waals surface area contributed by atoms with Crippen molar-refractivity contribution in [1.82, 2.24) is 4.57 Å². The lowest BCUT2D eigenvalue weighted by molar-refractivity contribution is -0.143. The van der Waals surface area contributed by atoms with Crippen molar-refractivity contribution in [2.75, 3.05) is 26.9 Å². The van der Waals surface area contributed by atoms with Gasteiger partial charge in [0.1, 0.15) is 18.2 Å². The molecule has 1 aliphatic heterocycles. The minimum atomic E-state index is -0.922. The van der Waals surface area contributed by atoms with Crippen molar-refractivity contribution >= 4 is 61.2 Å². The van der Waals surface area contributed by atoms with Crippen LogP contribution in [0.15, 0.2) is 84.6 Å². The summed E-state index contributed by atoms with van der Waals surface area (Å²) in [7, 11) is 1.26. The number of ether oxygens (including phenoxy) is 5. The van der Waals surface area contributed by atoms with Crippen LogP contribution < -0.4 is 29.1 Å². The van der Waals surface area contributed by atoms with Gasteiger partial charge in [-0.2, -0.15) is 0 Å². The molecule has 14 heteroatoms. The number of rotatable bonds is 12. The highest BCUT2D eigenvalue weighted by Gasteiger charge is 2.34. The van der Waals surface area contributed by atoms with E-state index in [1.165, 1.54) is 23.8 Å². The Morgan fingerprint density at radius 2 is 1.76 bits per heavy atom. The van der Waals surface area contributed by atoms with E-state index in [2.05, 4.69) is 41.6 Å². The molecule has 0 unspecified atom stereocenters. The van der Waals surface area contributed by atoms with E-state index in [1.54, 1.807) is 57.2 Å². The molecule has 0 saturated carbocycles. The van der Waals surface area contributed by atoms with Crippen LogP contribution in [0.2, 0.25) is 0 Å². The third kappa shape index (κ3) is 8.14. The standard InChI is InChI=1S/C35H31Br2FN2O8S/c1-5-45-27-14-21(9-12-26(27)47-18-29(41)44-4)31-30(34(43)46-6-2)19(3)39-35-40(31)33(42)28(49-35)15-22-13-23(36)16-25(37)32(22)48-17-20-7-10-24(38)11-8-20/h7-16,31H,5-6,17-18H2,1-4H3/b28-15+/t31-/m0/s1. The molecule has 0 bridgehead atoms. The molecule has 0 amide bonds. The predicted octanol–water partition coefficient (Wildman–Crippen LogP) is 5.99. The van der Waals surface area contributed by atoms with Gasteiger partial charge >= 0.3 is 11.9 Å². The minimum absolute atomic E-state index is 0.121. The number of hydrogen-bond acceptors (Lipinski definition) is 10. The van der Waals surface area contributed by atoms with Crippen LogP contribution in [0, 0.1) is 5.82 Å². The smallest absolute Gasteiger partial charge is 0.343 e. The summed E-state index contributed by atoms with van der Waals surface area (Å²) in [6.45, 7) is 5.42. The molecule has 4 aromatic rings. The second-order valence-corrected chi connectivity index (χ2v) is 13.3. The summed E-state index contributed by atoms with van der Waals surface area (Å²) in [5, 5.41) is 0. The molecule has 5 rings (SSSR count). The van der Waals surface area contributed by atoms with Crippen LogP contribution in [-0.4, -0.2) is 43.4 Å². The molecule has 10 nitrogen and oxygen atoms in total. The Balaban J connectivity index is 1.64. The summed E-state index contributed by atoms with van der Waals surface area (Å²) < 4.78 is 44.4. The molecule has 1 atom stereocenters. The zero-order chi connectivity index (χ0) is 35.2. The monoisotopic (exact) mass is 816 g/mol. The maximum Gasteiger partial charge on any atom is 0.343 e. The molecule has 0 fully saturated rings. The van der Waals surface area contributed by atoms with Gasteiger partial charge < -0.3 is 23.7 Å². The quantitative estimate of drug-likeness (QED) is 0.160. The second kappa shape index (κ2) is 16.0. The average molecular weight is 819 g/mol. The molecule has 3 aromatic carbocycles. The largest absolute Gasteiger partial charge is 0.490 e. The summed E-state index contributed by atoms with van der Waals surface area (Å²) in [6, 6.07) is 13.7. The van der Waals surface area contributed by atoms with Gasteiger partial charge in [0.25, 0.3) is 5.56 Å². The van der Waals surface area contributed by atoms with Crippen LogP contribution >= 0.6 is 43.2 Å². The summed E-state index contributed by atoms with van der Waals surface area (Å²) in [5.41, 5.74) is 2.09. The molecule has 2 heterocycles. The summed E-state index contributed by atoms with van der Waals surface area (Å²) in [4.78, 5) is 44.5. The Morgan fingerprint density at radius 3 is 2.45 bits per heavy atom.